The fourth-order valence-electron chi connectivity index (χ4n) is 3.44. The summed E-state index contributed by atoms with van der Waals surface area (Å²) >= 11 is 0. The van der Waals surface area contributed by atoms with Gasteiger partial charge in [-0.25, -0.2) is 4.79 Å². The average Bonchev–Trinajstić information content (AvgIpc) is 2.83. The number of esters is 1. The van der Waals surface area contributed by atoms with Gasteiger partial charge >= 0.3 is 5.97 Å². The first-order valence-electron chi connectivity index (χ1n) is 10.4. The molecule has 0 aromatic heterocycles. The summed E-state index contributed by atoms with van der Waals surface area (Å²) in [5.41, 5.74) is 0.439. The molecule has 5 heteroatoms. The average molecular weight is 418 g/mol. The topological polar surface area (TPSA) is 75.6 Å². The number of carbonyl (C=O) groups excluding carboxylic acids is 2. The van der Waals surface area contributed by atoms with Crippen molar-refractivity contribution in [2.24, 2.45) is 0 Å². The monoisotopic (exact) mass is 417 g/mol. The standard InChI is InChI=1S/C26H27NO4/c1-3-19(2)22-16-10-11-17-23(22)27-24(28)18-31-25(29)26(30,20-12-6-4-7-13-20)21-14-8-5-9-15-21/h4-17,19,30H,3,18H2,1-2H3,(H,27,28)/t19-/m1/s1. The van der Waals surface area contributed by atoms with E-state index in [1.165, 1.54) is 0 Å². The number of amides is 1. The maximum atomic E-state index is 13.0. The van der Waals surface area contributed by atoms with Gasteiger partial charge in [0.2, 0.25) is 5.60 Å². The highest BCUT2D eigenvalue weighted by molar-refractivity contribution is 5.94. The normalized spacial score (nSPS) is 12.1. The van der Waals surface area contributed by atoms with Crippen LogP contribution in [0.1, 0.15) is 42.9 Å². The lowest BCUT2D eigenvalue weighted by molar-refractivity contribution is -0.163. The summed E-state index contributed by atoms with van der Waals surface area (Å²) in [5, 5.41) is 14.2. The molecule has 0 unspecified atom stereocenters. The third-order valence-electron chi connectivity index (χ3n) is 5.39. The van der Waals surface area contributed by atoms with Crippen LogP contribution in [0.15, 0.2) is 84.9 Å². The summed E-state index contributed by atoms with van der Waals surface area (Å²) in [7, 11) is 0. The van der Waals surface area contributed by atoms with E-state index in [-0.39, 0.29) is 5.92 Å². The van der Waals surface area contributed by atoms with Crippen LogP contribution in [0.5, 0.6) is 0 Å². The van der Waals surface area contributed by atoms with Crippen LogP contribution in [-0.2, 0) is 19.9 Å². The maximum absolute atomic E-state index is 13.0. The van der Waals surface area contributed by atoms with Crippen LogP contribution in [0.25, 0.3) is 0 Å². The van der Waals surface area contributed by atoms with Crippen LogP contribution in [0.3, 0.4) is 0 Å². The Kier molecular flexibility index (Phi) is 7.21. The van der Waals surface area contributed by atoms with Gasteiger partial charge in [0.25, 0.3) is 5.91 Å². The van der Waals surface area contributed by atoms with Gasteiger partial charge in [-0.15, -0.1) is 0 Å². The van der Waals surface area contributed by atoms with Gasteiger partial charge in [-0.1, -0.05) is 92.7 Å². The fraction of sp³-hybridized carbons (Fsp3) is 0.231. The molecule has 0 fully saturated rings. The molecule has 5 nitrogen and oxygen atoms in total. The molecular formula is C26H27NO4. The van der Waals surface area contributed by atoms with Gasteiger partial charge in [-0.3, -0.25) is 4.79 Å². The summed E-state index contributed by atoms with van der Waals surface area (Å²) in [6.45, 7) is 3.67. The largest absolute Gasteiger partial charge is 0.453 e. The van der Waals surface area contributed by atoms with Crippen molar-refractivity contribution in [3.8, 4) is 0 Å². The SMILES string of the molecule is CC[C@@H](C)c1ccccc1NC(=O)COC(=O)C(O)(c1ccccc1)c1ccccc1. The highest BCUT2D eigenvalue weighted by Crippen LogP contribution is 2.31. The third-order valence-corrected chi connectivity index (χ3v) is 5.39. The molecule has 0 saturated carbocycles. The van der Waals surface area contributed by atoms with Crippen molar-refractivity contribution < 1.29 is 19.4 Å². The maximum Gasteiger partial charge on any atom is 0.348 e. The Balaban J connectivity index is 1.76. The van der Waals surface area contributed by atoms with E-state index in [9.17, 15) is 14.7 Å². The summed E-state index contributed by atoms with van der Waals surface area (Å²) in [4.78, 5) is 25.5. The Morgan fingerprint density at radius 2 is 1.42 bits per heavy atom. The van der Waals surface area contributed by atoms with Gasteiger partial charge < -0.3 is 15.2 Å². The second-order valence-electron chi connectivity index (χ2n) is 7.46. The number of anilines is 1. The second kappa shape index (κ2) is 10.0. The molecule has 1 atom stereocenters. The summed E-state index contributed by atoms with van der Waals surface area (Å²) in [6, 6.07) is 24.7. The molecule has 0 aliphatic rings. The van der Waals surface area contributed by atoms with E-state index in [0.717, 1.165) is 12.0 Å². The number of hydrogen-bond donors (Lipinski definition) is 2. The molecule has 0 heterocycles. The van der Waals surface area contributed by atoms with Gasteiger partial charge in [-0.05, 0) is 35.1 Å². The first-order valence-corrected chi connectivity index (χ1v) is 10.4. The minimum atomic E-state index is -2.02. The quantitative estimate of drug-likeness (QED) is 0.525. The Bertz CT molecular complexity index is 978. The number of para-hydroxylation sites is 1. The molecule has 2 N–H and O–H groups in total. The number of rotatable bonds is 8. The summed E-state index contributed by atoms with van der Waals surface area (Å²) < 4.78 is 5.28. The van der Waals surface area contributed by atoms with Crippen molar-refractivity contribution in [3.05, 3.63) is 102 Å². The van der Waals surface area contributed by atoms with Gasteiger partial charge in [0.05, 0.1) is 0 Å². The van der Waals surface area contributed by atoms with Crippen LogP contribution in [0.4, 0.5) is 5.69 Å². The number of hydrogen-bond acceptors (Lipinski definition) is 4. The zero-order valence-electron chi connectivity index (χ0n) is 17.7. The van der Waals surface area contributed by atoms with Crippen molar-refractivity contribution in [2.75, 3.05) is 11.9 Å². The summed E-state index contributed by atoms with van der Waals surface area (Å²) in [5.74, 6) is -1.09. The van der Waals surface area contributed by atoms with E-state index < -0.39 is 24.1 Å². The molecular weight excluding hydrogens is 390 g/mol. The zero-order valence-corrected chi connectivity index (χ0v) is 17.7. The van der Waals surface area contributed by atoms with Gasteiger partial charge in [0.15, 0.2) is 6.61 Å². The number of nitrogens with one attached hydrogen (secondary N) is 1. The lowest BCUT2D eigenvalue weighted by Gasteiger charge is -2.27. The van der Waals surface area contributed by atoms with E-state index in [2.05, 4.69) is 19.2 Å². The smallest absolute Gasteiger partial charge is 0.348 e. The van der Waals surface area contributed by atoms with Crippen LogP contribution in [-0.4, -0.2) is 23.6 Å². The lowest BCUT2D eigenvalue weighted by atomic mass is 9.86. The first kappa shape index (κ1) is 22.2. The van der Waals surface area contributed by atoms with Gasteiger partial charge in [0, 0.05) is 5.69 Å². The first-order chi connectivity index (χ1) is 15.0. The molecule has 0 bridgehead atoms. The predicted octanol–water partition coefficient (Wildman–Crippen LogP) is 4.62. The Morgan fingerprint density at radius 1 is 0.903 bits per heavy atom. The molecule has 31 heavy (non-hydrogen) atoms. The van der Waals surface area contributed by atoms with Crippen molar-refractivity contribution in [3.63, 3.8) is 0 Å². The predicted molar refractivity (Wildman–Crippen MR) is 121 cm³/mol. The van der Waals surface area contributed by atoms with E-state index >= 15 is 0 Å². The minimum Gasteiger partial charge on any atom is -0.453 e. The van der Waals surface area contributed by atoms with Gasteiger partial charge in [0.1, 0.15) is 0 Å². The van der Waals surface area contributed by atoms with Crippen LogP contribution in [0.2, 0.25) is 0 Å². The zero-order chi connectivity index (χ0) is 22.3. The Hall–Kier alpha value is -3.44. The molecule has 3 aromatic carbocycles. The Labute approximate surface area is 182 Å². The molecule has 0 spiro atoms. The molecule has 3 rings (SSSR count). The highest BCUT2D eigenvalue weighted by atomic mass is 16.6. The van der Waals surface area contributed by atoms with Crippen LogP contribution >= 0.6 is 0 Å². The third kappa shape index (κ3) is 5.01. The lowest BCUT2D eigenvalue weighted by Crippen LogP contribution is -2.39. The summed E-state index contributed by atoms with van der Waals surface area (Å²) in [6.07, 6.45) is 0.934. The molecule has 0 aliphatic carbocycles. The number of carbonyl (C=O) groups is 2. The number of benzene rings is 3. The van der Waals surface area contributed by atoms with E-state index in [0.29, 0.717) is 16.8 Å². The van der Waals surface area contributed by atoms with Gasteiger partial charge in [-0.2, -0.15) is 0 Å². The van der Waals surface area contributed by atoms with Crippen molar-refractivity contribution >= 4 is 17.6 Å². The molecule has 0 saturated heterocycles. The molecule has 3 aromatic rings. The molecule has 1 amide bonds. The second-order valence-corrected chi connectivity index (χ2v) is 7.46. The minimum absolute atomic E-state index is 0.278. The van der Waals surface area contributed by atoms with Crippen molar-refractivity contribution in [2.45, 2.75) is 31.8 Å². The molecule has 0 aliphatic heterocycles. The molecule has 160 valence electrons. The van der Waals surface area contributed by atoms with Crippen molar-refractivity contribution in [1.29, 1.82) is 0 Å². The van der Waals surface area contributed by atoms with E-state index in [1.807, 2.05) is 24.3 Å². The van der Waals surface area contributed by atoms with Crippen LogP contribution < -0.4 is 5.32 Å². The number of ether oxygens (including phenoxy) is 1. The molecule has 0 radical (unpaired) electrons. The Morgan fingerprint density at radius 3 is 1.97 bits per heavy atom. The van der Waals surface area contributed by atoms with Crippen molar-refractivity contribution in [1.82, 2.24) is 0 Å². The van der Waals surface area contributed by atoms with E-state index in [4.69, 9.17) is 4.74 Å². The fourth-order valence-corrected chi connectivity index (χ4v) is 3.44. The van der Waals surface area contributed by atoms with E-state index in [1.54, 1.807) is 60.7 Å². The number of aliphatic hydroxyl groups is 1. The van der Waals surface area contributed by atoms with Crippen LogP contribution in [0, 0.1) is 0 Å². The highest BCUT2D eigenvalue weighted by Gasteiger charge is 2.41.